The van der Waals surface area contributed by atoms with Crippen molar-refractivity contribution in [1.82, 2.24) is 9.97 Å². The first-order valence-electron chi connectivity index (χ1n) is 6.84. The number of thioether (sulfide) groups is 1. The fraction of sp³-hybridized carbons (Fsp3) is 0.400. The molecule has 0 aliphatic rings. The highest BCUT2D eigenvalue weighted by molar-refractivity contribution is 7.98. The van der Waals surface area contributed by atoms with Crippen LogP contribution in [0.3, 0.4) is 0 Å². The summed E-state index contributed by atoms with van der Waals surface area (Å²) in [7, 11) is 0. The summed E-state index contributed by atoms with van der Waals surface area (Å²) in [4.78, 5) is 8.91. The molecule has 0 spiro atoms. The Labute approximate surface area is 129 Å². The third-order valence-electron chi connectivity index (χ3n) is 3.10. The monoisotopic (exact) mass is 309 g/mol. The number of rotatable bonds is 7. The number of unbranched alkanes of at least 4 members (excludes halogenated alkanes) is 1. The van der Waals surface area contributed by atoms with Gasteiger partial charge in [0.1, 0.15) is 5.82 Å². The molecule has 0 radical (unpaired) electrons. The highest BCUT2D eigenvalue weighted by atomic mass is 35.5. The lowest BCUT2D eigenvalue weighted by atomic mass is 10.2. The predicted molar refractivity (Wildman–Crippen MR) is 87.8 cm³/mol. The topological polar surface area (TPSA) is 40.7 Å². The van der Waals surface area contributed by atoms with Crippen molar-refractivity contribution >= 4 is 29.1 Å². The molecule has 0 saturated heterocycles. The van der Waals surface area contributed by atoms with Crippen molar-refractivity contribution in [3.63, 3.8) is 0 Å². The van der Waals surface area contributed by atoms with Gasteiger partial charge in [-0.15, -0.1) is 11.8 Å². The van der Waals surface area contributed by atoms with Gasteiger partial charge in [0.25, 0.3) is 0 Å². The molecule has 0 bridgehead atoms. The molecule has 3 nitrogen and oxygen atoms in total. The Kier molecular flexibility index (Phi) is 5.80. The summed E-state index contributed by atoms with van der Waals surface area (Å²) < 4.78 is 0. The zero-order valence-corrected chi connectivity index (χ0v) is 13.4. The maximum atomic E-state index is 6.15. The zero-order chi connectivity index (χ0) is 14.4. The number of imidazole rings is 1. The van der Waals surface area contributed by atoms with Gasteiger partial charge in [-0.3, -0.25) is 0 Å². The molecule has 108 valence electrons. The maximum absolute atomic E-state index is 6.15. The molecule has 2 N–H and O–H groups in total. The van der Waals surface area contributed by atoms with Crippen LogP contribution in [0.1, 0.15) is 31.3 Å². The predicted octanol–water partition coefficient (Wildman–Crippen LogP) is 4.74. The fourth-order valence-electron chi connectivity index (χ4n) is 1.92. The van der Waals surface area contributed by atoms with Crippen LogP contribution in [0.25, 0.3) is 0 Å². The molecule has 0 fully saturated rings. The van der Waals surface area contributed by atoms with E-state index in [0.29, 0.717) is 11.7 Å². The van der Waals surface area contributed by atoms with E-state index in [1.165, 1.54) is 4.90 Å². The molecule has 1 heterocycles. The average molecular weight is 310 g/mol. The minimum absolute atomic E-state index is 0.573. The van der Waals surface area contributed by atoms with E-state index in [1.54, 1.807) is 11.8 Å². The highest BCUT2D eigenvalue weighted by Crippen LogP contribution is 2.19. The van der Waals surface area contributed by atoms with Gasteiger partial charge >= 0.3 is 0 Å². The maximum Gasteiger partial charge on any atom is 0.152 e. The largest absolute Gasteiger partial charge is 0.379 e. The second-order valence-electron chi connectivity index (χ2n) is 4.64. The van der Waals surface area contributed by atoms with Crippen LogP contribution in [-0.4, -0.2) is 16.2 Å². The number of hydrogen-bond donors (Lipinski definition) is 2. The van der Waals surface area contributed by atoms with Crippen LogP contribution in [0, 0.1) is 0 Å². The molecule has 5 heteroatoms. The number of anilines is 1. The summed E-state index contributed by atoms with van der Waals surface area (Å²) in [5, 5.41) is 3.93. The molecular weight excluding hydrogens is 290 g/mol. The van der Waals surface area contributed by atoms with Crippen molar-refractivity contribution in [2.24, 2.45) is 0 Å². The van der Waals surface area contributed by atoms with Gasteiger partial charge in [0.15, 0.2) is 5.15 Å². The van der Waals surface area contributed by atoms with E-state index in [0.717, 1.165) is 36.5 Å². The Morgan fingerprint density at radius 3 is 2.70 bits per heavy atom. The van der Waals surface area contributed by atoms with Gasteiger partial charge in [-0.2, -0.15) is 0 Å². The number of nitrogens with one attached hydrogen (secondary N) is 2. The number of nitrogens with zero attached hydrogens (tertiary/aromatic N) is 1. The lowest BCUT2D eigenvalue weighted by molar-refractivity contribution is 0.760. The average Bonchev–Trinajstić information content (AvgIpc) is 2.83. The fourth-order valence-corrected chi connectivity index (χ4v) is 2.54. The molecule has 0 amide bonds. The third-order valence-corrected chi connectivity index (χ3v) is 4.16. The van der Waals surface area contributed by atoms with Crippen molar-refractivity contribution in [3.8, 4) is 0 Å². The van der Waals surface area contributed by atoms with Crippen LogP contribution >= 0.6 is 23.4 Å². The van der Waals surface area contributed by atoms with E-state index in [9.17, 15) is 0 Å². The molecule has 2 aromatic rings. The summed E-state index contributed by atoms with van der Waals surface area (Å²) in [6.45, 7) is 2.84. The number of halogens is 1. The molecule has 0 unspecified atom stereocenters. The van der Waals surface area contributed by atoms with Gasteiger partial charge in [0.05, 0.1) is 12.2 Å². The zero-order valence-electron chi connectivity index (χ0n) is 11.9. The van der Waals surface area contributed by atoms with E-state index < -0.39 is 0 Å². The van der Waals surface area contributed by atoms with Crippen LogP contribution in [0.2, 0.25) is 5.15 Å². The summed E-state index contributed by atoms with van der Waals surface area (Å²) in [6.07, 6.45) is 5.32. The second kappa shape index (κ2) is 7.60. The van der Waals surface area contributed by atoms with Gasteiger partial charge < -0.3 is 10.3 Å². The van der Waals surface area contributed by atoms with Crippen molar-refractivity contribution in [3.05, 3.63) is 40.9 Å². The Balaban J connectivity index is 1.94. The first-order valence-corrected chi connectivity index (χ1v) is 8.44. The van der Waals surface area contributed by atoms with E-state index in [4.69, 9.17) is 11.6 Å². The molecule has 1 aromatic carbocycles. The van der Waals surface area contributed by atoms with Crippen LogP contribution in [0.15, 0.2) is 29.2 Å². The number of H-pyrrole nitrogens is 1. The number of aromatic nitrogens is 2. The van der Waals surface area contributed by atoms with Crippen LogP contribution < -0.4 is 5.32 Å². The van der Waals surface area contributed by atoms with Gasteiger partial charge in [-0.25, -0.2) is 4.98 Å². The van der Waals surface area contributed by atoms with Crippen molar-refractivity contribution in [1.29, 1.82) is 0 Å². The Morgan fingerprint density at radius 2 is 2.05 bits per heavy atom. The Hall–Kier alpha value is -1.13. The van der Waals surface area contributed by atoms with Crippen LogP contribution in [-0.2, 0) is 13.0 Å². The minimum atomic E-state index is 0.573. The molecule has 0 saturated carbocycles. The molecule has 20 heavy (non-hydrogen) atoms. The second-order valence-corrected chi connectivity index (χ2v) is 5.88. The van der Waals surface area contributed by atoms with Crippen molar-refractivity contribution in [2.45, 2.75) is 37.6 Å². The van der Waals surface area contributed by atoms with Crippen LogP contribution in [0.5, 0.6) is 0 Å². The molecule has 0 atom stereocenters. The van der Waals surface area contributed by atoms with Gasteiger partial charge in [0, 0.05) is 17.0 Å². The number of aryl methyl sites for hydroxylation is 1. The quantitative estimate of drug-likeness (QED) is 0.726. The SMILES string of the molecule is CCCCc1nc(Cl)c(CNc2ccc(SC)cc2)[nH]1. The van der Waals surface area contributed by atoms with Crippen molar-refractivity contribution in [2.75, 3.05) is 11.6 Å². The van der Waals surface area contributed by atoms with Crippen molar-refractivity contribution < 1.29 is 0 Å². The minimum Gasteiger partial charge on any atom is -0.379 e. The molecule has 0 aliphatic carbocycles. The van der Waals surface area contributed by atoms with Gasteiger partial charge in [0.2, 0.25) is 0 Å². The standard InChI is InChI=1S/C15H20ClN3S/c1-3-4-5-14-18-13(15(16)19-14)10-17-11-6-8-12(20-2)9-7-11/h6-9,17H,3-5,10H2,1-2H3,(H,18,19). The summed E-state index contributed by atoms with van der Waals surface area (Å²) in [5.74, 6) is 0.978. The smallest absolute Gasteiger partial charge is 0.152 e. The summed E-state index contributed by atoms with van der Waals surface area (Å²) in [5.41, 5.74) is 2.04. The number of aromatic amines is 1. The highest BCUT2D eigenvalue weighted by Gasteiger charge is 2.07. The molecule has 0 aliphatic heterocycles. The summed E-state index contributed by atoms with van der Waals surface area (Å²) >= 11 is 7.89. The number of benzene rings is 1. The van der Waals surface area contributed by atoms with E-state index in [2.05, 4.69) is 52.7 Å². The normalized spacial score (nSPS) is 10.8. The van der Waals surface area contributed by atoms with E-state index >= 15 is 0 Å². The number of hydrogen-bond acceptors (Lipinski definition) is 3. The molecular formula is C15H20ClN3S. The van der Waals surface area contributed by atoms with E-state index in [-0.39, 0.29) is 0 Å². The summed E-state index contributed by atoms with van der Waals surface area (Å²) in [6, 6.07) is 8.37. The Bertz CT molecular complexity index is 537. The first-order chi connectivity index (χ1) is 9.72. The lowest BCUT2D eigenvalue weighted by Gasteiger charge is -2.05. The van der Waals surface area contributed by atoms with Crippen LogP contribution in [0.4, 0.5) is 5.69 Å². The molecule has 1 aromatic heterocycles. The van der Waals surface area contributed by atoms with Gasteiger partial charge in [-0.1, -0.05) is 24.9 Å². The van der Waals surface area contributed by atoms with E-state index in [1.807, 2.05) is 0 Å². The molecule has 2 rings (SSSR count). The third kappa shape index (κ3) is 4.18. The van der Waals surface area contributed by atoms with Gasteiger partial charge in [-0.05, 0) is 36.9 Å². The Morgan fingerprint density at radius 1 is 1.30 bits per heavy atom. The lowest BCUT2D eigenvalue weighted by Crippen LogP contribution is -2.00. The first kappa shape index (κ1) is 15.3.